The van der Waals surface area contributed by atoms with Crippen LogP contribution in [0.3, 0.4) is 0 Å². The highest BCUT2D eigenvalue weighted by Gasteiger charge is 2.07. The molecule has 1 amide bonds. The average molecular weight is 316 g/mol. The average Bonchev–Trinajstić information content (AvgIpc) is 2.31. The predicted molar refractivity (Wildman–Crippen MR) is 69.6 cm³/mol. The van der Waals surface area contributed by atoms with Gasteiger partial charge in [0.1, 0.15) is 5.75 Å². The van der Waals surface area contributed by atoms with Gasteiger partial charge in [0.2, 0.25) is 0 Å². The fourth-order valence-electron chi connectivity index (χ4n) is 1.36. The number of unbranched alkanes of at least 4 members (excludes halogenated alkanes) is 1. The van der Waals surface area contributed by atoms with Gasteiger partial charge in [-0.3, -0.25) is 9.59 Å². The summed E-state index contributed by atoms with van der Waals surface area (Å²) < 4.78 is 0.528. The molecular weight excluding hydrogens is 302 g/mol. The number of halogens is 1. The first kappa shape index (κ1) is 14.5. The van der Waals surface area contributed by atoms with Crippen molar-refractivity contribution in [2.24, 2.45) is 0 Å². The maximum Gasteiger partial charge on any atom is 0.303 e. The van der Waals surface area contributed by atoms with E-state index in [0.29, 0.717) is 29.4 Å². The molecule has 0 spiro atoms. The van der Waals surface area contributed by atoms with Crippen molar-refractivity contribution in [3.05, 3.63) is 28.2 Å². The minimum absolute atomic E-state index is 0.00790. The molecule has 0 fully saturated rings. The number of hydrogen-bond donors (Lipinski definition) is 3. The highest BCUT2D eigenvalue weighted by molar-refractivity contribution is 9.10. The number of carbonyl (C=O) groups is 2. The van der Waals surface area contributed by atoms with Gasteiger partial charge in [0, 0.05) is 18.5 Å². The number of aromatic hydroxyl groups is 1. The van der Waals surface area contributed by atoms with Crippen LogP contribution in [0.5, 0.6) is 5.75 Å². The van der Waals surface area contributed by atoms with E-state index in [-0.39, 0.29) is 18.1 Å². The first-order valence-electron chi connectivity index (χ1n) is 5.49. The Kier molecular flexibility index (Phi) is 5.64. The summed E-state index contributed by atoms with van der Waals surface area (Å²) in [5.41, 5.74) is 0.369. The standard InChI is InChI=1S/C12H14BrNO4/c13-9-5-4-8(7-10(9)15)12(18)14-6-2-1-3-11(16)17/h4-5,7,15H,1-3,6H2,(H,14,18)(H,16,17). The Balaban J connectivity index is 2.36. The smallest absolute Gasteiger partial charge is 0.303 e. The van der Waals surface area contributed by atoms with Crippen LogP contribution in [0.25, 0.3) is 0 Å². The third-order valence-corrected chi connectivity index (χ3v) is 2.98. The van der Waals surface area contributed by atoms with Crippen LogP contribution >= 0.6 is 15.9 Å². The molecule has 18 heavy (non-hydrogen) atoms. The van der Waals surface area contributed by atoms with Crippen LogP contribution in [0.4, 0.5) is 0 Å². The van der Waals surface area contributed by atoms with E-state index in [1.54, 1.807) is 12.1 Å². The van der Waals surface area contributed by atoms with Crippen molar-refractivity contribution in [1.29, 1.82) is 0 Å². The van der Waals surface area contributed by atoms with Crippen LogP contribution in [0, 0.1) is 0 Å². The zero-order valence-corrected chi connectivity index (χ0v) is 11.2. The van der Waals surface area contributed by atoms with E-state index in [4.69, 9.17) is 5.11 Å². The second kappa shape index (κ2) is 7.00. The number of nitrogens with one attached hydrogen (secondary N) is 1. The van der Waals surface area contributed by atoms with Crippen LogP contribution in [-0.2, 0) is 4.79 Å². The maximum atomic E-state index is 11.7. The van der Waals surface area contributed by atoms with E-state index in [0.717, 1.165) is 0 Å². The molecule has 5 nitrogen and oxygen atoms in total. The Morgan fingerprint density at radius 1 is 1.28 bits per heavy atom. The Hall–Kier alpha value is -1.56. The Bertz CT molecular complexity index is 448. The number of aliphatic carboxylic acids is 1. The molecule has 1 rings (SSSR count). The van der Waals surface area contributed by atoms with E-state index < -0.39 is 5.97 Å². The number of benzene rings is 1. The van der Waals surface area contributed by atoms with Gasteiger partial charge in [0.25, 0.3) is 5.91 Å². The Labute approximate surface area is 113 Å². The number of carboxylic acids is 1. The molecule has 1 aromatic carbocycles. The molecule has 0 saturated heterocycles. The van der Waals surface area contributed by atoms with Crippen LogP contribution in [-0.4, -0.2) is 28.6 Å². The molecule has 0 radical (unpaired) electrons. The summed E-state index contributed by atoms with van der Waals surface area (Å²) in [6, 6.07) is 4.56. The molecule has 0 saturated carbocycles. The molecule has 0 aliphatic carbocycles. The normalized spacial score (nSPS) is 10.1. The van der Waals surface area contributed by atoms with E-state index >= 15 is 0 Å². The first-order chi connectivity index (χ1) is 8.50. The van der Waals surface area contributed by atoms with Gasteiger partial charge >= 0.3 is 5.97 Å². The van der Waals surface area contributed by atoms with Gasteiger partial charge in [-0.25, -0.2) is 0 Å². The molecule has 0 aromatic heterocycles. The van der Waals surface area contributed by atoms with Gasteiger partial charge in [-0.1, -0.05) is 0 Å². The summed E-state index contributed by atoms with van der Waals surface area (Å²) >= 11 is 3.13. The summed E-state index contributed by atoms with van der Waals surface area (Å²) in [4.78, 5) is 21.9. The van der Waals surface area contributed by atoms with E-state index in [1.807, 2.05) is 0 Å². The quantitative estimate of drug-likeness (QED) is 0.702. The van der Waals surface area contributed by atoms with Crippen molar-refractivity contribution < 1.29 is 19.8 Å². The van der Waals surface area contributed by atoms with Crippen molar-refractivity contribution in [3.63, 3.8) is 0 Å². The number of phenolic OH excluding ortho intramolecular Hbond substituents is 1. The van der Waals surface area contributed by atoms with Crippen molar-refractivity contribution in [3.8, 4) is 5.75 Å². The molecule has 1 aromatic rings. The zero-order valence-electron chi connectivity index (χ0n) is 9.65. The third kappa shape index (κ3) is 4.75. The van der Waals surface area contributed by atoms with Crippen molar-refractivity contribution in [2.75, 3.05) is 6.54 Å². The van der Waals surface area contributed by atoms with Gasteiger partial charge in [-0.15, -0.1) is 0 Å². The SMILES string of the molecule is O=C(O)CCCCNC(=O)c1ccc(Br)c(O)c1. The van der Waals surface area contributed by atoms with Gasteiger partial charge in [0.05, 0.1) is 4.47 Å². The predicted octanol–water partition coefficient (Wildman–Crippen LogP) is 2.14. The molecule has 98 valence electrons. The highest BCUT2D eigenvalue weighted by Crippen LogP contribution is 2.24. The Morgan fingerprint density at radius 2 is 2.00 bits per heavy atom. The van der Waals surface area contributed by atoms with Crippen LogP contribution in [0.15, 0.2) is 22.7 Å². The molecule has 3 N–H and O–H groups in total. The fraction of sp³-hybridized carbons (Fsp3) is 0.333. The molecule has 0 atom stereocenters. The fourth-order valence-corrected chi connectivity index (χ4v) is 1.61. The van der Waals surface area contributed by atoms with Gasteiger partial charge in [-0.2, -0.15) is 0 Å². The molecule has 6 heteroatoms. The summed E-state index contributed by atoms with van der Waals surface area (Å²) in [5.74, 6) is -1.11. The lowest BCUT2D eigenvalue weighted by molar-refractivity contribution is -0.137. The minimum atomic E-state index is -0.834. The van der Waals surface area contributed by atoms with E-state index in [2.05, 4.69) is 21.2 Å². The number of carboxylic acid groups (broad SMARTS) is 1. The number of phenols is 1. The minimum Gasteiger partial charge on any atom is -0.507 e. The lowest BCUT2D eigenvalue weighted by atomic mass is 10.2. The first-order valence-corrected chi connectivity index (χ1v) is 6.28. The van der Waals surface area contributed by atoms with Gasteiger partial charge in [0.15, 0.2) is 0 Å². The zero-order chi connectivity index (χ0) is 13.5. The van der Waals surface area contributed by atoms with Crippen LogP contribution in [0.2, 0.25) is 0 Å². The third-order valence-electron chi connectivity index (χ3n) is 2.31. The second-order valence-electron chi connectivity index (χ2n) is 3.77. The molecule has 0 aliphatic rings. The van der Waals surface area contributed by atoms with E-state index in [1.165, 1.54) is 6.07 Å². The Morgan fingerprint density at radius 3 is 2.61 bits per heavy atom. The van der Waals surface area contributed by atoms with E-state index in [9.17, 15) is 14.7 Å². The topological polar surface area (TPSA) is 86.6 Å². The summed E-state index contributed by atoms with van der Waals surface area (Å²) in [5, 5.41) is 20.5. The molecule has 0 bridgehead atoms. The van der Waals surface area contributed by atoms with Crippen molar-refractivity contribution >= 4 is 27.8 Å². The van der Waals surface area contributed by atoms with Gasteiger partial charge < -0.3 is 15.5 Å². The lowest BCUT2D eigenvalue weighted by Gasteiger charge is -2.05. The molecule has 0 unspecified atom stereocenters. The van der Waals surface area contributed by atoms with Crippen LogP contribution < -0.4 is 5.32 Å². The van der Waals surface area contributed by atoms with Crippen LogP contribution in [0.1, 0.15) is 29.6 Å². The molecular formula is C12H14BrNO4. The number of amides is 1. The lowest BCUT2D eigenvalue weighted by Crippen LogP contribution is -2.24. The van der Waals surface area contributed by atoms with Crippen molar-refractivity contribution in [2.45, 2.75) is 19.3 Å². The van der Waals surface area contributed by atoms with Crippen molar-refractivity contribution in [1.82, 2.24) is 5.32 Å². The maximum absolute atomic E-state index is 11.7. The molecule has 0 aliphatic heterocycles. The summed E-state index contributed by atoms with van der Waals surface area (Å²) in [6.07, 6.45) is 1.25. The largest absolute Gasteiger partial charge is 0.507 e. The number of rotatable bonds is 6. The second-order valence-corrected chi connectivity index (χ2v) is 4.63. The number of carbonyl (C=O) groups excluding carboxylic acids is 1. The number of hydrogen-bond acceptors (Lipinski definition) is 3. The summed E-state index contributed by atoms with van der Waals surface area (Å²) in [7, 11) is 0. The highest BCUT2D eigenvalue weighted by atomic mass is 79.9. The monoisotopic (exact) mass is 315 g/mol. The summed E-state index contributed by atoms with van der Waals surface area (Å²) in [6.45, 7) is 0.420. The van der Waals surface area contributed by atoms with Gasteiger partial charge in [-0.05, 0) is 47.0 Å². The molecule has 0 heterocycles.